The number of nitrogens with zero attached hydrogens (tertiary/aromatic N) is 1. The van der Waals surface area contributed by atoms with Gasteiger partial charge in [0.05, 0.1) is 5.54 Å². The highest BCUT2D eigenvalue weighted by atomic mass is 16.2. The summed E-state index contributed by atoms with van der Waals surface area (Å²) in [6, 6.07) is 7.54. The third-order valence-corrected chi connectivity index (χ3v) is 3.33. The van der Waals surface area contributed by atoms with E-state index >= 15 is 0 Å². The molecule has 0 saturated heterocycles. The molecule has 0 radical (unpaired) electrons. The van der Waals surface area contributed by atoms with Gasteiger partial charge in [0.15, 0.2) is 0 Å². The van der Waals surface area contributed by atoms with Gasteiger partial charge in [-0.1, -0.05) is 19.1 Å². The molecular formula is C16H25N3O2. The van der Waals surface area contributed by atoms with Crippen molar-refractivity contribution >= 4 is 17.5 Å². The summed E-state index contributed by atoms with van der Waals surface area (Å²) in [5.74, 6) is -0.0702. The summed E-state index contributed by atoms with van der Waals surface area (Å²) in [6.45, 7) is 8.44. The molecule has 5 nitrogen and oxygen atoms in total. The maximum Gasteiger partial charge on any atom is 0.244 e. The molecule has 0 unspecified atom stereocenters. The molecule has 0 saturated carbocycles. The molecule has 0 aromatic heterocycles. The number of likely N-dealkylation sites (N-methyl/N-ethyl adjacent to an activating group) is 1. The molecule has 1 aromatic rings. The van der Waals surface area contributed by atoms with E-state index in [1.165, 1.54) is 6.92 Å². The van der Waals surface area contributed by atoms with Gasteiger partial charge in [0.2, 0.25) is 11.8 Å². The summed E-state index contributed by atoms with van der Waals surface area (Å²) in [4.78, 5) is 25.1. The van der Waals surface area contributed by atoms with Gasteiger partial charge in [-0.15, -0.1) is 0 Å². The van der Waals surface area contributed by atoms with Gasteiger partial charge >= 0.3 is 0 Å². The van der Waals surface area contributed by atoms with Crippen LogP contribution in [0, 0.1) is 0 Å². The Morgan fingerprint density at radius 1 is 1.29 bits per heavy atom. The van der Waals surface area contributed by atoms with Crippen molar-refractivity contribution in [3.8, 4) is 0 Å². The number of amides is 2. The summed E-state index contributed by atoms with van der Waals surface area (Å²) >= 11 is 0. The Bertz CT molecular complexity index is 512. The number of hydrogen-bond acceptors (Lipinski definition) is 3. The first-order chi connectivity index (χ1) is 9.76. The molecule has 0 atom stereocenters. The van der Waals surface area contributed by atoms with Gasteiger partial charge in [0.25, 0.3) is 0 Å². The van der Waals surface area contributed by atoms with Crippen LogP contribution in [0.5, 0.6) is 0 Å². The van der Waals surface area contributed by atoms with Crippen molar-refractivity contribution in [1.29, 1.82) is 0 Å². The highest BCUT2D eigenvalue weighted by Gasteiger charge is 2.26. The van der Waals surface area contributed by atoms with Crippen LogP contribution in [0.25, 0.3) is 0 Å². The quantitative estimate of drug-likeness (QED) is 0.842. The van der Waals surface area contributed by atoms with Crippen LogP contribution in [0.4, 0.5) is 5.69 Å². The Kier molecular flexibility index (Phi) is 5.90. The van der Waals surface area contributed by atoms with E-state index in [4.69, 9.17) is 0 Å². The van der Waals surface area contributed by atoms with E-state index in [1.807, 2.05) is 45.0 Å². The Morgan fingerprint density at radius 2 is 1.95 bits per heavy atom. The lowest BCUT2D eigenvalue weighted by Crippen LogP contribution is -2.49. The molecule has 0 fully saturated rings. The van der Waals surface area contributed by atoms with Crippen molar-refractivity contribution in [2.75, 3.05) is 18.9 Å². The molecule has 0 aliphatic heterocycles. The van der Waals surface area contributed by atoms with Crippen LogP contribution < -0.4 is 10.6 Å². The minimum absolute atomic E-state index is 0.0118. The van der Waals surface area contributed by atoms with E-state index < -0.39 is 5.54 Å². The average molecular weight is 291 g/mol. The topological polar surface area (TPSA) is 61.4 Å². The lowest BCUT2D eigenvalue weighted by molar-refractivity contribution is -0.128. The molecule has 2 amide bonds. The molecule has 5 heteroatoms. The molecule has 1 aromatic carbocycles. The third kappa shape index (κ3) is 5.19. The van der Waals surface area contributed by atoms with Crippen molar-refractivity contribution in [1.82, 2.24) is 10.2 Å². The van der Waals surface area contributed by atoms with E-state index in [9.17, 15) is 9.59 Å². The number of nitrogens with one attached hydrogen (secondary N) is 2. The molecule has 0 bridgehead atoms. The van der Waals surface area contributed by atoms with Crippen molar-refractivity contribution in [2.45, 2.75) is 39.8 Å². The molecule has 0 aliphatic carbocycles. The summed E-state index contributed by atoms with van der Waals surface area (Å²) in [6.07, 6.45) is 0. The van der Waals surface area contributed by atoms with Gasteiger partial charge < -0.3 is 15.5 Å². The average Bonchev–Trinajstić information content (AvgIpc) is 2.38. The van der Waals surface area contributed by atoms with E-state index in [-0.39, 0.29) is 11.8 Å². The molecule has 0 aliphatic rings. The van der Waals surface area contributed by atoms with Crippen LogP contribution in [0.3, 0.4) is 0 Å². The lowest BCUT2D eigenvalue weighted by atomic mass is 10.0. The minimum Gasteiger partial charge on any atom is -0.342 e. The van der Waals surface area contributed by atoms with Crippen LogP contribution in [-0.4, -0.2) is 35.8 Å². The van der Waals surface area contributed by atoms with Crippen LogP contribution in [0.15, 0.2) is 24.3 Å². The maximum absolute atomic E-state index is 12.2. The fourth-order valence-electron chi connectivity index (χ4n) is 1.94. The number of benzene rings is 1. The van der Waals surface area contributed by atoms with Crippen molar-refractivity contribution in [3.63, 3.8) is 0 Å². The number of rotatable bonds is 6. The Balaban J connectivity index is 2.77. The predicted molar refractivity (Wildman–Crippen MR) is 85.0 cm³/mol. The monoisotopic (exact) mass is 291 g/mol. The highest BCUT2D eigenvalue weighted by molar-refractivity contribution is 5.97. The van der Waals surface area contributed by atoms with Crippen LogP contribution in [0.1, 0.15) is 33.3 Å². The molecule has 2 N–H and O–H groups in total. The number of hydrogen-bond donors (Lipinski definition) is 2. The minimum atomic E-state index is -0.624. The summed E-state index contributed by atoms with van der Waals surface area (Å²) < 4.78 is 0. The standard InChI is InChI=1S/C16H25N3O2/c1-6-17-16(3,4)15(21)18-14-9-7-8-13(10-14)11-19(5)12(2)20/h7-10,17H,6,11H2,1-5H3,(H,18,21). The van der Waals surface area contributed by atoms with Gasteiger partial charge in [0, 0.05) is 26.2 Å². The normalized spacial score (nSPS) is 11.1. The van der Waals surface area contributed by atoms with Gasteiger partial charge in [-0.3, -0.25) is 9.59 Å². The van der Waals surface area contributed by atoms with Crippen molar-refractivity contribution in [3.05, 3.63) is 29.8 Å². The van der Waals surface area contributed by atoms with Crippen LogP contribution in [0.2, 0.25) is 0 Å². The summed E-state index contributed by atoms with van der Waals surface area (Å²) in [7, 11) is 1.75. The third-order valence-electron chi connectivity index (χ3n) is 3.33. The number of carbonyl (C=O) groups is 2. The molecule has 116 valence electrons. The summed E-state index contributed by atoms with van der Waals surface area (Å²) in [5.41, 5.74) is 1.09. The highest BCUT2D eigenvalue weighted by Crippen LogP contribution is 2.14. The number of anilines is 1. The zero-order valence-corrected chi connectivity index (χ0v) is 13.5. The zero-order chi connectivity index (χ0) is 16.0. The smallest absolute Gasteiger partial charge is 0.244 e. The Morgan fingerprint density at radius 3 is 2.52 bits per heavy atom. The largest absolute Gasteiger partial charge is 0.342 e. The first kappa shape index (κ1) is 17.2. The predicted octanol–water partition coefficient (Wildman–Crippen LogP) is 1.99. The van der Waals surface area contributed by atoms with Crippen molar-refractivity contribution in [2.24, 2.45) is 0 Å². The molecule has 1 rings (SSSR count). The van der Waals surface area contributed by atoms with E-state index in [2.05, 4.69) is 10.6 Å². The fourth-order valence-corrected chi connectivity index (χ4v) is 1.94. The van der Waals surface area contributed by atoms with Crippen LogP contribution >= 0.6 is 0 Å². The van der Waals surface area contributed by atoms with E-state index in [0.29, 0.717) is 6.54 Å². The SMILES string of the molecule is CCNC(C)(C)C(=O)Nc1cccc(CN(C)C(C)=O)c1. The second-order valence-corrected chi connectivity index (χ2v) is 5.68. The van der Waals surface area contributed by atoms with Crippen LogP contribution in [-0.2, 0) is 16.1 Å². The second kappa shape index (κ2) is 7.22. The molecular weight excluding hydrogens is 266 g/mol. The van der Waals surface area contributed by atoms with Gasteiger partial charge in [-0.2, -0.15) is 0 Å². The molecule has 21 heavy (non-hydrogen) atoms. The lowest BCUT2D eigenvalue weighted by Gasteiger charge is -2.24. The first-order valence-electron chi connectivity index (χ1n) is 7.13. The maximum atomic E-state index is 12.2. The summed E-state index contributed by atoms with van der Waals surface area (Å²) in [5, 5.41) is 6.04. The fraction of sp³-hybridized carbons (Fsp3) is 0.500. The number of carbonyl (C=O) groups excluding carboxylic acids is 2. The molecule has 0 heterocycles. The van der Waals surface area contributed by atoms with E-state index in [0.717, 1.165) is 17.8 Å². The van der Waals surface area contributed by atoms with Crippen molar-refractivity contribution < 1.29 is 9.59 Å². The van der Waals surface area contributed by atoms with Gasteiger partial charge in [-0.05, 0) is 38.1 Å². The zero-order valence-electron chi connectivity index (χ0n) is 13.5. The first-order valence-corrected chi connectivity index (χ1v) is 7.13. The Hall–Kier alpha value is -1.88. The van der Waals surface area contributed by atoms with E-state index in [1.54, 1.807) is 11.9 Å². The van der Waals surface area contributed by atoms with Gasteiger partial charge in [0.1, 0.15) is 0 Å². The second-order valence-electron chi connectivity index (χ2n) is 5.68. The molecule has 0 spiro atoms. The Labute approximate surface area is 126 Å². The van der Waals surface area contributed by atoms with Gasteiger partial charge in [-0.25, -0.2) is 0 Å².